The standard InChI is InChI=1S/C17H27NO/c1-3-4-13-18(16-7-5-6-8-16)14-15-9-11-17(19-2)12-10-15/h9-12,16H,3-8,13-14H2,1-2H3. The van der Waals surface area contributed by atoms with Gasteiger partial charge in [0.2, 0.25) is 0 Å². The fourth-order valence-electron chi connectivity index (χ4n) is 2.99. The lowest BCUT2D eigenvalue weighted by Gasteiger charge is -2.28. The van der Waals surface area contributed by atoms with Crippen LogP contribution < -0.4 is 4.74 Å². The lowest BCUT2D eigenvalue weighted by molar-refractivity contribution is 0.187. The summed E-state index contributed by atoms with van der Waals surface area (Å²) in [7, 11) is 1.72. The van der Waals surface area contributed by atoms with E-state index in [9.17, 15) is 0 Å². The van der Waals surface area contributed by atoms with Gasteiger partial charge in [-0.15, -0.1) is 0 Å². The molecule has 0 aliphatic heterocycles. The molecule has 0 N–H and O–H groups in total. The van der Waals surface area contributed by atoms with Crippen LogP contribution >= 0.6 is 0 Å². The Balaban J connectivity index is 1.96. The van der Waals surface area contributed by atoms with Gasteiger partial charge in [-0.25, -0.2) is 0 Å². The number of benzene rings is 1. The van der Waals surface area contributed by atoms with Gasteiger partial charge in [0.05, 0.1) is 7.11 Å². The molecule has 2 nitrogen and oxygen atoms in total. The summed E-state index contributed by atoms with van der Waals surface area (Å²) in [5, 5.41) is 0. The molecule has 0 amide bonds. The van der Waals surface area contributed by atoms with Crippen LogP contribution in [0.1, 0.15) is 51.0 Å². The van der Waals surface area contributed by atoms with Gasteiger partial charge in [0, 0.05) is 12.6 Å². The SMILES string of the molecule is CCCCN(Cc1ccc(OC)cc1)C1CCCC1. The van der Waals surface area contributed by atoms with Crippen molar-refractivity contribution in [1.29, 1.82) is 0 Å². The van der Waals surface area contributed by atoms with E-state index >= 15 is 0 Å². The predicted molar refractivity (Wildman–Crippen MR) is 80.6 cm³/mol. The maximum atomic E-state index is 5.23. The molecule has 0 saturated heterocycles. The molecule has 1 aromatic rings. The van der Waals surface area contributed by atoms with Gasteiger partial charge in [-0.1, -0.05) is 38.3 Å². The van der Waals surface area contributed by atoms with E-state index in [0.717, 1.165) is 18.3 Å². The number of rotatable bonds is 7. The fraction of sp³-hybridized carbons (Fsp3) is 0.647. The second-order valence-electron chi connectivity index (χ2n) is 5.61. The summed E-state index contributed by atoms with van der Waals surface area (Å²) in [6, 6.07) is 9.36. The van der Waals surface area contributed by atoms with E-state index < -0.39 is 0 Å². The van der Waals surface area contributed by atoms with Crippen molar-refractivity contribution < 1.29 is 4.74 Å². The van der Waals surface area contributed by atoms with E-state index in [1.807, 2.05) is 0 Å². The van der Waals surface area contributed by atoms with Gasteiger partial charge in [-0.3, -0.25) is 4.90 Å². The fourth-order valence-corrected chi connectivity index (χ4v) is 2.99. The van der Waals surface area contributed by atoms with Crippen LogP contribution in [0, 0.1) is 0 Å². The van der Waals surface area contributed by atoms with E-state index in [-0.39, 0.29) is 0 Å². The maximum absolute atomic E-state index is 5.23. The van der Waals surface area contributed by atoms with Gasteiger partial charge in [0.15, 0.2) is 0 Å². The summed E-state index contributed by atoms with van der Waals surface area (Å²) in [5.41, 5.74) is 1.41. The number of unbranched alkanes of at least 4 members (excludes halogenated alkanes) is 1. The molecule has 0 unspecified atom stereocenters. The minimum absolute atomic E-state index is 0.814. The normalized spacial score (nSPS) is 16.2. The van der Waals surface area contributed by atoms with Gasteiger partial charge >= 0.3 is 0 Å². The van der Waals surface area contributed by atoms with Gasteiger partial charge in [0.1, 0.15) is 5.75 Å². The van der Waals surface area contributed by atoms with E-state index in [1.165, 1.54) is 50.6 Å². The molecule has 0 heterocycles. The third-order valence-corrected chi connectivity index (χ3v) is 4.18. The maximum Gasteiger partial charge on any atom is 0.118 e. The van der Waals surface area contributed by atoms with Crippen LogP contribution in [0.15, 0.2) is 24.3 Å². The molecule has 2 rings (SSSR count). The second-order valence-corrected chi connectivity index (χ2v) is 5.61. The molecule has 1 saturated carbocycles. The lowest BCUT2D eigenvalue weighted by atomic mass is 10.1. The Labute approximate surface area is 117 Å². The molecule has 0 aromatic heterocycles. The molecule has 1 aliphatic rings. The highest BCUT2D eigenvalue weighted by molar-refractivity contribution is 5.27. The van der Waals surface area contributed by atoms with Crippen LogP contribution in [0.25, 0.3) is 0 Å². The minimum atomic E-state index is 0.814. The van der Waals surface area contributed by atoms with E-state index in [2.05, 4.69) is 36.1 Å². The van der Waals surface area contributed by atoms with Gasteiger partial charge in [0.25, 0.3) is 0 Å². The topological polar surface area (TPSA) is 12.5 Å². The molecule has 106 valence electrons. The molecule has 0 radical (unpaired) electrons. The van der Waals surface area contributed by atoms with Crippen molar-refractivity contribution in [1.82, 2.24) is 4.90 Å². The van der Waals surface area contributed by atoms with Crippen molar-refractivity contribution in [3.8, 4) is 5.75 Å². The zero-order chi connectivity index (χ0) is 13.5. The first-order valence-electron chi connectivity index (χ1n) is 7.70. The lowest BCUT2D eigenvalue weighted by Crippen LogP contribution is -2.33. The van der Waals surface area contributed by atoms with E-state index in [0.29, 0.717) is 0 Å². The van der Waals surface area contributed by atoms with E-state index in [1.54, 1.807) is 7.11 Å². The summed E-state index contributed by atoms with van der Waals surface area (Å²) in [4.78, 5) is 2.69. The average Bonchev–Trinajstić information content (AvgIpc) is 2.98. The van der Waals surface area contributed by atoms with Crippen LogP contribution in [0.3, 0.4) is 0 Å². The summed E-state index contributed by atoms with van der Waals surface area (Å²) < 4.78 is 5.23. The minimum Gasteiger partial charge on any atom is -0.497 e. The second kappa shape index (κ2) is 7.54. The summed E-state index contributed by atoms with van der Waals surface area (Å²) in [5.74, 6) is 0.949. The van der Waals surface area contributed by atoms with Gasteiger partial charge in [-0.05, 0) is 43.5 Å². The highest BCUT2D eigenvalue weighted by Gasteiger charge is 2.22. The largest absolute Gasteiger partial charge is 0.497 e. The summed E-state index contributed by atoms with van der Waals surface area (Å²) >= 11 is 0. The Morgan fingerprint density at radius 1 is 1.16 bits per heavy atom. The van der Waals surface area contributed by atoms with Gasteiger partial charge in [-0.2, -0.15) is 0 Å². The smallest absolute Gasteiger partial charge is 0.118 e. The van der Waals surface area contributed by atoms with Crippen LogP contribution in [-0.2, 0) is 6.54 Å². The first-order valence-corrected chi connectivity index (χ1v) is 7.70. The highest BCUT2D eigenvalue weighted by Crippen LogP contribution is 2.25. The van der Waals surface area contributed by atoms with Crippen molar-refractivity contribution in [2.75, 3.05) is 13.7 Å². The molecule has 0 bridgehead atoms. The van der Waals surface area contributed by atoms with Crippen molar-refractivity contribution in [3.63, 3.8) is 0 Å². The number of hydrogen-bond donors (Lipinski definition) is 0. The molecule has 1 aromatic carbocycles. The molecule has 0 atom stereocenters. The molecular weight excluding hydrogens is 234 g/mol. The van der Waals surface area contributed by atoms with Crippen LogP contribution in [0.5, 0.6) is 5.75 Å². The summed E-state index contributed by atoms with van der Waals surface area (Å²) in [6.07, 6.45) is 8.20. The molecule has 1 aliphatic carbocycles. The molecule has 1 fully saturated rings. The van der Waals surface area contributed by atoms with Gasteiger partial charge < -0.3 is 4.74 Å². The molecular formula is C17H27NO. The third-order valence-electron chi connectivity index (χ3n) is 4.18. The first kappa shape index (κ1) is 14.4. The zero-order valence-corrected chi connectivity index (χ0v) is 12.4. The van der Waals surface area contributed by atoms with Crippen LogP contribution in [0.4, 0.5) is 0 Å². The molecule has 2 heteroatoms. The average molecular weight is 261 g/mol. The highest BCUT2D eigenvalue weighted by atomic mass is 16.5. The van der Waals surface area contributed by atoms with Crippen LogP contribution in [-0.4, -0.2) is 24.6 Å². The van der Waals surface area contributed by atoms with Crippen LogP contribution in [0.2, 0.25) is 0 Å². The molecule has 19 heavy (non-hydrogen) atoms. The Kier molecular flexibility index (Phi) is 5.71. The number of methoxy groups -OCH3 is 1. The Morgan fingerprint density at radius 2 is 1.84 bits per heavy atom. The number of hydrogen-bond acceptors (Lipinski definition) is 2. The first-order chi connectivity index (χ1) is 9.33. The van der Waals surface area contributed by atoms with Crippen molar-refractivity contribution in [2.45, 2.75) is 58.0 Å². The molecule has 0 spiro atoms. The quantitative estimate of drug-likeness (QED) is 0.728. The summed E-state index contributed by atoms with van der Waals surface area (Å²) in [6.45, 7) is 4.61. The van der Waals surface area contributed by atoms with Crippen molar-refractivity contribution >= 4 is 0 Å². The Morgan fingerprint density at radius 3 is 2.42 bits per heavy atom. The van der Waals surface area contributed by atoms with E-state index in [4.69, 9.17) is 4.74 Å². The zero-order valence-electron chi connectivity index (χ0n) is 12.4. The Hall–Kier alpha value is -1.02. The monoisotopic (exact) mass is 261 g/mol. The van der Waals surface area contributed by atoms with Crippen molar-refractivity contribution in [3.05, 3.63) is 29.8 Å². The number of ether oxygens (including phenoxy) is 1. The Bertz CT molecular complexity index is 354. The number of nitrogens with zero attached hydrogens (tertiary/aromatic N) is 1. The third kappa shape index (κ3) is 4.24. The predicted octanol–water partition coefficient (Wildman–Crippen LogP) is 4.24. The van der Waals surface area contributed by atoms with Crippen molar-refractivity contribution in [2.24, 2.45) is 0 Å².